The van der Waals surface area contributed by atoms with Gasteiger partial charge in [-0.05, 0) is 95.5 Å². The lowest BCUT2D eigenvalue weighted by atomic mass is 10.00. The Kier molecular flexibility index (Phi) is 12.5. The van der Waals surface area contributed by atoms with Crippen molar-refractivity contribution in [2.24, 2.45) is 0 Å². The Morgan fingerprint density at radius 1 is 0.791 bits per heavy atom. The van der Waals surface area contributed by atoms with Gasteiger partial charge in [0.1, 0.15) is 18.1 Å². The summed E-state index contributed by atoms with van der Waals surface area (Å²) >= 11 is 0. The minimum Gasteiger partial charge on any atom is -0.508 e. The highest BCUT2D eigenvalue weighted by Crippen LogP contribution is 2.31. The first-order valence-electron chi connectivity index (χ1n) is 15.7. The summed E-state index contributed by atoms with van der Waals surface area (Å²) in [4.78, 5) is 12.6. The van der Waals surface area contributed by atoms with Gasteiger partial charge in [0.25, 0.3) is 0 Å². The van der Waals surface area contributed by atoms with Crippen LogP contribution in [-0.2, 0) is 30.7 Å². The second kappa shape index (κ2) is 16.7. The van der Waals surface area contributed by atoms with Crippen molar-refractivity contribution in [2.45, 2.75) is 90.3 Å². The number of aryl methyl sites for hydroxylation is 3. The van der Waals surface area contributed by atoms with Crippen molar-refractivity contribution in [2.75, 3.05) is 7.11 Å². The molecule has 0 bridgehead atoms. The summed E-state index contributed by atoms with van der Waals surface area (Å²) in [6.45, 7) is 2.45. The number of carbonyl (C=O) groups excluding carboxylic acids is 1. The van der Waals surface area contributed by atoms with Crippen molar-refractivity contribution >= 4 is 16.6 Å². The van der Waals surface area contributed by atoms with E-state index >= 15 is 0 Å². The van der Waals surface area contributed by atoms with Gasteiger partial charge in [0, 0.05) is 12.8 Å². The molecular formula is C38H46O5. The Labute approximate surface area is 256 Å². The molecule has 0 aliphatic carbocycles. The number of carbonyl (C=O) groups is 1. The van der Waals surface area contributed by atoms with Gasteiger partial charge in [0.15, 0.2) is 11.5 Å². The van der Waals surface area contributed by atoms with Crippen LogP contribution < -0.4 is 9.47 Å². The summed E-state index contributed by atoms with van der Waals surface area (Å²) in [6, 6.07) is 26.1. The Morgan fingerprint density at radius 2 is 1.56 bits per heavy atom. The van der Waals surface area contributed by atoms with E-state index in [-0.39, 0.29) is 18.0 Å². The second-order valence-electron chi connectivity index (χ2n) is 11.5. The maximum absolute atomic E-state index is 12.6. The molecule has 0 unspecified atom stereocenters. The van der Waals surface area contributed by atoms with E-state index in [0.29, 0.717) is 37.4 Å². The second-order valence-corrected chi connectivity index (χ2v) is 11.5. The number of hydrogen-bond donors (Lipinski definition) is 2. The number of benzene rings is 4. The van der Waals surface area contributed by atoms with Crippen LogP contribution in [0.1, 0.15) is 80.5 Å². The lowest BCUT2D eigenvalue weighted by molar-refractivity contribution is -0.121. The fourth-order valence-electron chi connectivity index (χ4n) is 5.63. The Morgan fingerprint density at radius 3 is 2.35 bits per heavy atom. The highest BCUT2D eigenvalue weighted by atomic mass is 16.5. The first-order valence-corrected chi connectivity index (χ1v) is 15.7. The maximum Gasteiger partial charge on any atom is 0.161 e. The maximum atomic E-state index is 12.6. The van der Waals surface area contributed by atoms with Gasteiger partial charge in [-0.25, -0.2) is 0 Å². The molecule has 4 aromatic rings. The molecule has 4 aromatic carbocycles. The van der Waals surface area contributed by atoms with Crippen LogP contribution in [0, 0.1) is 0 Å². The molecular weight excluding hydrogens is 536 g/mol. The molecule has 5 heteroatoms. The predicted octanol–water partition coefficient (Wildman–Crippen LogP) is 8.53. The average Bonchev–Trinajstić information content (AvgIpc) is 3.02. The first kappa shape index (κ1) is 32.1. The zero-order valence-electron chi connectivity index (χ0n) is 25.7. The van der Waals surface area contributed by atoms with Crippen LogP contribution in [0.5, 0.6) is 17.2 Å². The standard InChI is InChI=1S/C38H46O5/c1-3-31-24-35(41)25-32-19-16-30(22-36(31)32)27-43-38-23-29(18-21-37(38)42-2)17-20-34(40)26-33(39)15-11-6-4-5-8-12-28-13-9-7-10-14-28/h7,9-10,13-14,16,18-19,21-25,33,39,41H,3-6,8,11-12,15,17,20,26-27H2,1-2H3/t33-/m0/s1. The van der Waals surface area contributed by atoms with Crippen molar-refractivity contribution in [3.63, 3.8) is 0 Å². The molecule has 0 fully saturated rings. The van der Waals surface area contributed by atoms with Crippen molar-refractivity contribution in [1.82, 2.24) is 0 Å². The van der Waals surface area contributed by atoms with E-state index in [0.717, 1.165) is 53.1 Å². The summed E-state index contributed by atoms with van der Waals surface area (Å²) < 4.78 is 11.7. The highest BCUT2D eigenvalue weighted by Gasteiger charge is 2.13. The molecule has 43 heavy (non-hydrogen) atoms. The van der Waals surface area contributed by atoms with Gasteiger partial charge in [-0.15, -0.1) is 0 Å². The summed E-state index contributed by atoms with van der Waals surface area (Å²) in [5.74, 6) is 1.65. The zero-order chi connectivity index (χ0) is 30.4. The third-order valence-corrected chi connectivity index (χ3v) is 8.09. The Balaban J connectivity index is 1.19. The van der Waals surface area contributed by atoms with Gasteiger partial charge >= 0.3 is 0 Å². The molecule has 0 aliphatic heterocycles. The number of aliphatic hydroxyl groups is 1. The molecule has 2 N–H and O–H groups in total. The lowest BCUT2D eigenvalue weighted by Crippen LogP contribution is -2.14. The molecule has 0 heterocycles. The van der Waals surface area contributed by atoms with Crippen molar-refractivity contribution < 1.29 is 24.5 Å². The fraction of sp³-hybridized carbons (Fsp3) is 0.395. The van der Waals surface area contributed by atoms with Crippen LogP contribution in [0.4, 0.5) is 0 Å². The largest absolute Gasteiger partial charge is 0.508 e. The number of fused-ring (bicyclic) bond motifs is 1. The van der Waals surface area contributed by atoms with Gasteiger partial charge < -0.3 is 19.7 Å². The van der Waals surface area contributed by atoms with Gasteiger partial charge in [-0.2, -0.15) is 0 Å². The molecule has 4 rings (SSSR count). The average molecular weight is 583 g/mol. The van der Waals surface area contributed by atoms with E-state index in [1.165, 1.54) is 24.8 Å². The molecule has 0 saturated carbocycles. The van der Waals surface area contributed by atoms with Gasteiger partial charge in [0.05, 0.1) is 13.2 Å². The predicted molar refractivity (Wildman–Crippen MR) is 174 cm³/mol. The van der Waals surface area contributed by atoms with E-state index in [1.54, 1.807) is 13.2 Å². The Bertz CT molecular complexity index is 1450. The number of rotatable bonds is 18. The summed E-state index contributed by atoms with van der Waals surface area (Å²) in [7, 11) is 1.62. The molecule has 0 amide bonds. The molecule has 5 nitrogen and oxygen atoms in total. The van der Waals surface area contributed by atoms with E-state index in [9.17, 15) is 15.0 Å². The Hall–Kier alpha value is -3.83. The third-order valence-electron chi connectivity index (χ3n) is 8.09. The first-order chi connectivity index (χ1) is 20.9. The summed E-state index contributed by atoms with van der Waals surface area (Å²) in [6.07, 6.45) is 8.87. The molecule has 0 aliphatic rings. The summed E-state index contributed by atoms with van der Waals surface area (Å²) in [5, 5.41) is 22.5. The monoisotopic (exact) mass is 582 g/mol. The summed E-state index contributed by atoms with van der Waals surface area (Å²) in [5.41, 5.74) is 4.51. The minimum absolute atomic E-state index is 0.0857. The topological polar surface area (TPSA) is 76.0 Å². The number of Topliss-reactive ketones (excluding diaryl/α,β-unsaturated/α-hetero) is 1. The number of ether oxygens (including phenoxy) is 2. The van der Waals surface area contributed by atoms with Gasteiger partial charge in [0.2, 0.25) is 0 Å². The van der Waals surface area contributed by atoms with E-state index in [2.05, 4.69) is 43.3 Å². The number of methoxy groups -OCH3 is 1. The van der Waals surface area contributed by atoms with Crippen molar-refractivity contribution in [3.8, 4) is 17.2 Å². The number of unbranched alkanes of at least 4 members (excludes halogenated alkanes) is 4. The van der Waals surface area contributed by atoms with Crippen molar-refractivity contribution in [3.05, 3.63) is 101 Å². The van der Waals surface area contributed by atoms with Crippen LogP contribution in [0.3, 0.4) is 0 Å². The molecule has 0 spiro atoms. The lowest BCUT2D eigenvalue weighted by Gasteiger charge is -2.14. The minimum atomic E-state index is -0.564. The quantitative estimate of drug-likeness (QED) is 0.115. The third kappa shape index (κ3) is 10.1. The SMILES string of the molecule is CCc1cc(O)cc2ccc(COc3cc(CCC(=O)C[C@@H](O)CCCCCCCc4ccccc4)ccc3OC)cc12. The fourth-order valence-corrected chi connectivity index (χ4v) is 5.63. The van der Waals surface area contributed by atoms with Gasteiger partial charge in [-0.1, -0.05) is 81.1 Å². The van der Waals surface area contributed by atoms with Crippen LogP contribution >= 0.6 is 0 Å². The van der Waals surface area contributed by atoms with Crippen molar-refractivity contribution in [1.29, 1.82) is 0 Å². The van der Waals surface area contributed by atoms with E-state index in [1.807, 2.05) is 36.4 Å². The number of phenolic OH excluding ortho intramolecular Hbond substituents is 1. The van der Waals surface area contributed by atoms with E-state index in [4.69, 9.17) is 9.47 Å². The number of phenols is 1. The van der Waals surface area contributed by atoms with Crippen LogP contribution in [0.25, 0.3) is 10.8 Å². The normalized spacial score (nSPS) is 11.9. The van der Waals surface area contributed by atoms with E-state index < -0.39 is 6.10 Å². The molecule has 0 saturated heterocycles. The molecule has 0 radical (unpaired) electrons. The molecule has 228 valence electrons. The molecule has 0 aromatic heterocycles. The molecule has 1 atom stereocenters. The van der Waals surface area contributed by atoms with Crippen LogP contribution in [0.2, 0.25) is 0 Å². The highest BCUT2D eigenvalue weighted by molar-refractivity contribution is 5.87. The van der Waals surface area contributed by atoms with Crippen LogP contribution in [-0.4, -0.2) is 29.2 Å². The number of ketones is 1. The van der Waals surface area contributed by atoms with Crippen LogP contribution in [0.15, 0.2) is 78.9 Å². The zero-order valence-corrected chi connectivity index (χ0v) is 25.7. The number of hydrogen-bond acceptors (Lipinski definition) is 5. The van der Waals surface area contributed by atoms with Gasteiger partial charge in [-0.3, -0.25) is 4.79 Å². The number of aliphatic hydroxyl groups excluding tert-OH is 1. The number of aromatic hydroxyl groups is 1. The smallest absolute Gasteiger partial charge is 0.161 e.